The van der Waals surface area contributed by atoms with Crippen LogP contribution in [0.25, 0.3) is 0 Å². The van der Waals surface area contributed by atoms with Crippen LogP contribution in [0.5, 0.6) is 0 Å². The maximum atomic E-state index is 10.9. The van der Waals surface area contributed by atoms with E-state index in [9.17, 15) is 4.79 Å². The number of benzene rings is 1. The van der Waals surface area contributed by atoms with Gasteiger partial charge in [-0.15, -0.1) is 0 Å². The third-order valence-corrected chi connectivity index (χ3v) is 2.40. The first kappa shape index (κ1) is 13.2. The Hall–Kier alpha value is -1.88. The largest absolute Gasteiger partial charge is 0.476 e. The molecule has 92 valence electrons. The second kappa shape index (κ2) is 6.65. The van der Waals surface area contributed by atoms with Crippen LogP contribution in [0.15, 0.2) is 29.4 Å². The van der Waals surface area contributed by atoms with Gasteiger partial charge in [0.2, 0.25) is 0 Å². The lowest BCUT2D eigenvalue weighted by Gasteiger charge is -2.08. The van der Waals surface area contributed by atoms with Crippen LogP contribution in [0.2, 0.25) is 0 Å². The van der Waals surface area contributed by atoms with E-state index in [0.717, 1.165) is 18.7 Å². The molecular weight excluding hydrogens is 220 g/mol. The van der Waals surface area contributed by atoms with Crippen LogP contribution in [0, 0.1) is 0 Å². The third-order valence-electron chi connectivity index (χ3n) is 2.40. The first-order valence-corrected chi connectivity index (χ1v) is 5.45. The van der Waals surface area contributed by atoms with Crippen molar-refractivity contribution in [2.75, 3.05) is 13.1 Å². The number of nitrogens with zero attached hydrogens (tertiary/aromatic N) is 1. The SMILES string of the molecule is CCNCCc1ccccc1C(=NO)C(=O)O. The van der Waals surface area contributed by atoms with E-state index in [1.54, 1.807) is 12.1 Å². The van der Waals surface area contributed by atoms with Crippen molar-refractivity contribution in [2.45, 2.75) is 13.3 Å². The van der Waals surface area contributed by atoms with Crippen molar-refractivity contribution in [2.24, 2.45) is 5.16 Å². The van der Waals surface area contributed by atoms with Crippen LogP contribution in [0.1, 0.15) is 18.1 Å². The molecule has 0 aliphatic heterocycles. The minimum absolute atomic E-state index is 0.322. The second-order valence-electron chi connectivity index (χ2n) is 3.51. The molecule has 1 rings (SSSR count). The topological polar surface area (TPSA) is 81.9 Å². The summed E-state index contributed by atoms with van der Waals surface area (Å²) in [4.78, 5) is 10.9. The fraction of sp³-hybridized carbons (Fsp3) is 0.333. The highest BCUT2D eigenvalue weighted by molar-refractivity contribution is 6.42. The Bertz CT molecular complexity index is 416. The maximum absolute atomic E-state index is 10.9. The van der Waals surface area contributed by atoms with Gasteiger partial charge in [-0.05, 0) is 25.1 Å². The fourth-order valence-corrected chi connectivity index (χ4v) is 1.58. The molecule has 0 atom stereocenters. The first-order valence-electron chi connectivity index (χ1n) is 5.45. The van der Waals surface area contributed by atoms with Crippen LogP contribution in [-0.2, 0) is 11.2 Å². The molecule has 0 saturated carbocycles. The number of carbonyl (C=O) groups is 1. The number of carboxylic acids is 1. The highest BCUT2D eigenvalue weighted by atomic mass is 16.4. The lowest BCUT2D eigenvalue weighted by Crippen LogP contribution is -2.20. The average Bonchev–Trinajstić information content (AvgIpc) is 2.32. The molecule has 5 nitrogen and oxygen atoms in total. The Morgan fingerprint density at radius 1 is 1.41 bits per heavy atom. The Morgan fingerprint density at radius 3 is 2.71 bits per heavy atom. The molecule has 0 heterocycles. The number of hydrogen-bond donors (Lipinski definition) is 3. The Morgan fingerprint density at radius 2 is 2.12 bits per heavy atom. The van der Waals surface area contributed by atoms with Gasteiger partial charge in [-0.2, -0.15) is 0 Å². The summed E-state index contributed by atoms with van der Waals surface area (Å²) in [6.45, 7) is 3.62. The van der Waals surface area contributed by atoms with Crippen molar-refractivity contribution < 1.29 is 15.1 Å². The number of hydrogen-bond acceptors (Lipinski definition) is 4. The predicted octanol–water partition coefficient (Wildman–Crippen LogP) is 1.10. The smallest absolute Gasteiger partial charge is 0.358 e. The van der Waals surface area contributed by atoms with Crippen molar-refractivity contribution in [1.82, 2.24) is 5.32 Å². The Labute approximate surface area is 99.8 Å². The highest BCUT2D eigenvalue weighted by Crippen LogP contribution is 2.11. The molecular formula is C12H16N2O3. The van der Waals surface area contributed by atoms with E-state index in [2.05, 4.69) is 10.5 Å². The molecule has 0 bridgehead atoms. The number of oxime groups is 1. The maximum Gasteiger partial charge on any atom is 0.358 e. The Kier molecular flexibility index (Phi) is 5.16. The molecule has 0 saturated heterocycles. The van der Waals surface area contributed by atoms with E-state index in [-0.39, 0.29) is 5.71 Å². The van der Waals surface area contributed by atoms with Gasteiger partial charge < -0.3 is 15.6 Å². The number of aliphatic carboxylic acids is 1. The minimum Gasteiger partial charge on any atom is -0.476 e. The minimum atomic E-state index is -1.23. The molecule has 0 unspecified atom stereocenters. The van der Waals surface area contributed by atoms with Crippen LogP contribution >= 0.6 is 0 Å². The molecule has 0 spiro atoms. The van der Waals surface area contributed by atoms with E-state index >= 15 is 0 Å². The summed E-state index contributed by atoms with van der Waals surface area (Å²) in [5, 5.41) is 23.7. The van der Waals surface area contributed by atoms with E-state index in [4.69, 9.17) is 10.3 Å². The Balaban J connectivity index is 2.94. The van der Waals surface area contributed by atoms with E-state index in [1.165, 1.54) is 0 Å². The number of nitrogens with one attached hydrogen (secondary N) is 1. The van der Waals surface area contributed by atoms with Gasteiger partial charge in [-0.25, -0.2) is 4.79 Å². The molecule has 1 aromatic carbocycles. The summed E-state index contributed by atoms with van der Waals surface area (Å²) in [5.41, 5.74) is 0.987. The highest BCUT2D eigenvalue weighted by Gasteiger charge is 2.16. The lowest BCUT2D eigenvalue weighted by atomic mass is 10.0. The van der Waals surface area contributed by atoms with Crippen molar-refractivity contribution in [3.05, 3.63) is 35.4 Å². The van der Waals surface area contributed by atoms with Crippen LogP contribution in [0.3, 0.4) is 0 Å². The van der Waals surface area contributed by atoms with Crippen molar-refractivity contribution in [1.29, 1.82) is 0 Å². The quantitative estimate of drug-likeness (QED) is 0.299. The molecule has 17 heavy (non-hydrogen) atoms. The zero-order valence-electron chi connectivity index (χ0n) is 9.68. The monoisotopic (exact) mass is 236 g/mol. The molecule has 0 aliphatic rings. The zero-order valence-corrected chi connectivity index (χ0v) is 9.68. The first-order chi connectivity index (χ1) is 8.20. The van der Waals surface area contributed by atoms with E-state index in [0.29, 0.717) is 12.0 Å². The number of rotatable bonds is 6. The summed E-state index contributed by atoms with van der Waals surface area (Å²) in [7, 11) is 0. The number of likely N-dealkylation sites (N-methyl/N-ethyl adjacent to an activating group) is 1. The van der Waals surface area contributed by atoms with Crippen LogP contribution in [-0.4, -0.2) is 35.1 Å². The molecule has 1 aromatic rings. The number of carboxylic acid groups (broad SMARTS) is 1. The van der Waals surface area contributed by atoms with Crippen molar-refractivity contribution in [3.8, 4) is 0 Å². The van der Waals surface area contributed by atoms with Crippen LogP contribution < -0.4 is 5.32 Å². The van der Waals surface area contributed by atoms with Crippen molar-refractivity contribution in [3.63, 3.8) is 0 Å². The van der Waals surface area contributed by atoms with Gasteiger partial charge in [-0.1, -0.05) is 36.3 Å². The molecule has 0 aromatic heterocycles. The summed E-state index contributed by atoms with van der Waals surface area (Å²) < 4.78 is 0. The molecule has 3 N–H and O–H groups in total. The van der Waals surface area contributed by atoms with Gasteiger partial charge in [0.25, 0.3) is 0 Å². The standard InChI is InChI=1S/C12H16N2O3/c1-2-13-8-7-9-5-3-4-6-10(9)11(14-17)12(15)16/h3-6,13,17H,2,7-8H2,1H3,(H,15,16). The second-order valence-corrected chi connectivity index (χ2v) is 3.51. The van der Waals surface area contributed by atoms with Gasteiger partial charge in [0.15, 0.2) is 5.71 Å². The van der Waals surface area contributed by atoms with Gasteiger partial charge in [-0.3, -0.25) is 0 Å². The summed E-state index contributed by atoms with van der Waals surface area (Å²) >= 11 is 0. The summed E-state index contributed by atoms with van der Waals surface area (Å²) in [6, 6.07) is 7.03. The average molecular weight is 236 g/mol. The molecule has 0 fully saturated rings. The van der Waals surface area contributed by atoms with Gasteiger partial charge in [0.05, 0.1) is 0 Å². The normalized spacial score (nSPS) is 11.5. The van der Waals surface area contributed by atoms with Gasteiger partial charge in [0, 0.05) is 5.56 Å². The summed E-state index contributed by atoms with van der Waals surface area (Å²) in [6.07, 6.45) is 0.691. The van der Waals surface area contributed by atoms with Crippen molar-refractivity contribution >= 4 is 11.7 Å². The fourth-order valence-electron chi connectivity index (χ4n) is 1.58. The van der Waals surface area contributed by atoms with Crippen LogP contribution in [0.4, 0.5) is 0 Å². The predicted molar refractivity (Wildman–Crippen MR) is 64.6 cm³/mol. The molecule has 0 amide bonds. The molecule has 5 heteroatoms. The molecule has 0 radical (unpaired) electrons. The third kappa shape index (κ3) is 3.57. The van der Waals surface area contributed by atoms with E-state index < -0.39 is 5.97 Å². The molecule has 0 aliphatic carbocycles. The zero-order chi connectivity index (χ0) is 12.7. The van der Waals surface area contributed by atoms with Gasteiger partial charge >= 0.3 is 5.97 Å². The lowest BCUT2D eigenvalue weighted by molar-refractivity contribution is -0.129. The summed E-state index contributed by atoms with van der Waals surface area (Å²) in [5.74, 6) is -1.23. The van der Waals surface area contributed by atoms with E-state index in [1.807, 2.05) is 19.1 Å². The van der Waals surface area contributed by atoms with Gasteiger partial charge in [0.1, 0.15) is 0 Å².